The molecule has 0 amide bonds. The van der Waals surface area contributed by atoms with Gasteiger partial charge in [-0.2, -0.15) is 0 Å². The molecule has 0 aromatic heterocycles. The Hall–Kier alpha value is -0.200. The van der Waals surface area contributed by atoms with Gasteiger partial charge in [0.15, 0.2) is 0 Å². The molecule has 2 fully saturated rings. The summed E-state index contributed by atoms with van der Waals surface area (Å²) in [4.78, 5) is 2.12. The molecule has 2 rings (SSSR count). The van der Waals surface area contributed by atoms with Crippen molar-refractivity contribution in [1.29, 1.82) is 0 Å². The molecule has 2 aliphatic heterocycles. The highest BCUT2D eigenvalue weighted by molar-refractivity contribution is 4.90. The average Bonchev–Trinajstić information content (AvgIpc) is 2.36. The number of likely N-dealkylation sites (tertiary alicyclic amines) is 1. The van der Waals surface area contributed by atoms with E-state index in [0.717, 1.165) is 39.1 Å². The fourth-order valence-electron chi connectivity index (χ4n) is 2.82. The molecule has 0 radical (unpaired) electrons. The molecule has 0 aromatic rings. The molecular formula is C12H23NO4. The maximum absolute atomic E-state index is 9.86. The summed E-state index contributed by atoms with van der Waals surface area (Å²) in [5, 5.41) is 28.8. The van der Waals surface area contributed by atoms with Gasteiger partial charge in [0.2, 0.25) is 0 Å². The Bertz CT molecular complexity index is 233. The number of piperidine rings is 1. The second-order valence-corrected chi connectivity index (χ2v) is 5.15. The minimum absolute atomic E-state index is 0.0958. The lowest BCUT2D eigenvalue weighted by Crippen LogP contribution is -2.57. The van der Waals surface area contributed by atoms with E-state index in [2.05, 4.69) is 4.90 Å². The van der Waals surface area contributed by atoms with Crippen LogP contribution < -0.4 is 0 Å². The molecule has 0 spiro atoms. The van der Waals surface area contributed by atoms with E-state index < -0.39 is 12.2 Å². The largest absolute Gasteiger partial charge is 0.395 e. The highest BCUT2D eigenvalue weighted by Crippen LogP contribution is 2.23. The maximum atomic E-state index is 9.86. The molecular weight excluding hydrogens is 222 g/mol. The van der Waals surface area contributed by atoms with Crippen LogP contribution in [0.5, 0.6) is 0 Å². The van der Waals surface area contributed by atoms with Crippen LogP contribution in [-0.4, -0.2) is 71.4 Å². The Labute approximate surface area is 102 Å². The van der Waals surface area contributed by atoms with Gasteiger partial charge in [0.25, 0.3) is 0 Å². The van der Waals surface area contributed by atoms with Crippen LogP contribution in [0.4, 0.5) is 0 Å². The van der Waals surface area contributed by atoms with Crippen molar-refractivity contribution in [3.8, 4) is 0 Å². The number of nitrogens with zero attached hydrogens (tertiary/aromatic N) is 1. The van der Waals surface area contributed by atoms with Crippen molar-refractivity contribution in [1.82, 2.24) is 4.90 Å². The molecule has 5 heteroatoms. The van der Waals surface area contributed by atoms with Gasteiger partial charge in [-0.15, -0.1) is 0 Å². The van der Waals surface area contributed by atoms with Crippen LogP contribution in [0.3, 0.4) is 0 Å². The smallest absolute Gasteiger partial charge is 0.0976 e. The first-order valence-electron chi connectivity index (χ1n) is 6.51. The molecule has 2 aliphatic rings. The number of aliphatic hydroxyl groups is 3. The molecule has 3 N–H and O–H groups in total. The van der Waals surface area contributed by atoms with Crippen LogP contribution in [0.2, 0.25) is 0 Å². The quantitative estimate of drug-likeness (QED) is 0.607. The van der Waals surface area contributed by atoms with E-state index in [9.17, 15) is 15.3 Å². The summed E-state index contributed by atoms with van der Waals surface area (Å²) < 4.78 is 5.32. The third-order valence-electron chi connectivity index (χ3n) is 3.99. The second kappa shape index (κ2) is 6.11. The zero-order chi connectivity index (χ0) is 12.3. The van der Waals surface area contributed by atoms with E-state index in [1.165, 1.54) is 0 Å². The van der Waals surface area contributed by atoms with E-state index in [-0.39, 0.29) is 12.6 Å². The van der Waals surface area contributed by atoms with E-state index >= 15 is 0 Å². The number of hydrogen-bond donors (Lipinski definition) is 3. The van der Waals surface area contributed by atoms with Crippen LogP contribution in [-0.2, 0) is 4.74 Å². The molecule has 0 bridgehead atoms. The Morgan fingerprint density at radius 2 is 1.82 bits per heavy atom. The summed E-state index contributed by atoms with van der Waals surface area (Å²) in [6, 6.07) is -0.318. The average molecular weight is 245 g/mol. The van der Waals surface area contributed by atoms with Gasteiger partial charge in [0.05, 0.1) is 24.9 Å². The summed E-state index contributed by atoms with van der Waals surface area (Å²) in [7, 11) is 0. The number of hydrogen-bond acceptors (Lipinski definition) is 5. The van der Waals surface area contributed by atoms with Gasteiger partial charge in [0, 0.05) is 26.3 Å². The SMILES string of the molecule is OCC1C(O)C(O)CCN1CC1CCOCC1. The Morgan fingerprint density at radius 3 is 2.47 bits per heavy atom. The fraction of sp³-hybridized carbons (Fsp3) is 1.00. The normalized spacial score (nSPS) is 37.2. The first-order chi connectivity index (χ1) is 8.22. The number of ether oxygens (including phenoxy) is 1. The molecule has 17 heavy (non-hydrogen) atoms. The summed E-state index contributed by atoms with van der Waals surface area (Å²) in [5.41, 5.74) is 0. The van der Waals surface area contributed by atoms with Crippen LogP contribution >= 0.6 is 0 Å². The van der Waals surface area contributed by atoms with Crippen molar-refractivity contribution in [3.63, 3.8) is 0 Å². The van der Waals surface area contributed by atoms with Crippen molar-refractivity contribution >= 4 is 0 Å². The first kappa shape index (κ1) is 13.2. The Kier molecular flexibility index (Phi) is 4.76. The highest BCUT2D eigenvalue weighted by atomic mass is 16.5. The van der Waals surface area contributed by atoms with Gasteiger partial charge in [-0.05, 0) is 25.2 Å². The number of aliphatic hydroxyl groups excluding tert-OH is 3. The van der Waals surface area contributed by atoms with Gasteiger partial charge in [-0.25, -0.2) is 0 Å². The monoisotopic (exact) mass is 245 g/mol. The minimum Gasteiger partial charge on any atom is -0.395 e. The summed E-state index contributed by atoms with van der Waals surface area (Å²) in [6.45, 7) is 3.17. The summed E-state index contributed by atoms with van der Waals surface area (Å²) in [5.74, 6) is 0.584. The van der Waals surface area contributed by atoms with Gasteiger partial charge < -0.3 is 20.1 Å². The van der Waals surface area contributed by atoms with Crippen molar-refractivity contribution < 1.29 is 20.1 Å². The van der Waals surface area contributed by atoms with Crippen molar-refractivity contribution in [2.45, 2.75) is 37.5 Å². The lowest BCUT2D eigenvalue weighted by Gasteiger charge is -2.42. The van der Waals surface area contributed by atoms with Crippen molar-refractivity contribution in [2.24, 2.45) is 5.92 Å². The van der Waals surface area contributed by atoms with Gasteiger partial charge in [-0.3, -0.25) is 4.90 Å². The second-order valence-electron chi connectivity index (χ2n) is 5.15. The zero-order valence-corrected chi connectivity index (χ0v) is 10.2. The van der Waals surface area contributed by atoms with Gasteiger partial charge in [0.1, 0.15) is 0 Å². The van der Waals surface area contributed by atoms with E-state index in [1.54, 1.807) is 0 Å². The predicted octanol–water partition coefficient (Wildman–Crippen LogP) is -0.799. The first-order valence-corrected chi connectivity index (χ1v) is 6.51. The predicted molar refractivity (Wildman–Crippen MR) is 62.6 cm³/mol. The van der Waals surface area contributed by atoms with Crippen molar-refractivity contribution in [3.05, 3.63) is 0 Å². The molecule has 0 aromatic carbocycles. The van der Waals surface area contributed by atoms with E-state index in [4.69, 9.17) is 4.74 Å². The zero-order valence-electron chi connectivity index (χ0n) is 10.2. The fourth-order valence-corrected chi connectivity index (χ4v) is 2.82. The summed E-state index contributed by atoms with van der Waals surface area (Å²) >= 11 is 0. The van der Waals surface area contributed by atoms with Gasteiger partial charge in [-0.1, -0.05) is 0 Å². The summed E-state index contributed by atoms with van der Waals surface area (Å²) in [6.07, 6.45) is 1.16. The maximum Gasteiger partial charge on any atom is 0.0976 e. The topological polar surface area (TPSA) is 73.2 Å². The third kappa shape index (κ3) is 3.17. The molecule has 3 atom stereocenters. The van der Waals surface area contributed by atoms with Crippen LogP contribution in [0.15, 0.2) is 0 Å². The molecule has 0 saturated carbocycles. The Balaban J connectivity index is 1.89. The lowest BCUT2D eigenvalue weighted by molar-refractivity contribution is -0.0959. The van der Waals surface area contributed by atoms with E-state index in [0.29, 0.717) is 12.3 Å². The highest BCUT2D eigenvalue weighted by Gasteiger charge is 2.36. The van der Waals surface area contributed by atoms with Crippen molar-refractivity contribution in [2.75, 3.05) is 32.9 Å². The van der Waals surface area contributed by atoms with Crippen LogP contribution in [0.1, 0.15) is 19.3 Å². The van der Waals surface area contributed by atoms with Gasteiger partial charge >= 0.3 is 0 Å². The molecule has 100 valence electrons. The third-order valence-corrected chi connectivity index (χ3v) is 3.99. The molecule has 2 heterocycles. The Morgan fingerprint density at radius 1 is 1.12 bits per heavy atom. The van der Waals surface area contributed by atoms with E-state index in [1.807, 2.05) is 0 Å². The molecule has 3 unspecified atom stereocenters. The number of rotatable bonds is 3. The standard InChI is InChI=1S/C12H23NO4/c14-8-10-12(16)11(15)1-4-13(10)7-9-2-5-17-6-3-9/h9-12,14-16H,1-8H2. The lowest BCUT2D eigenvalue weighted by atomic mass is 9.93. The molecule has 5 nitrogen and oxygen atoms in total. The molecule has 2 saturated heterocycles. The van der Waals surface area contributed by atoms with Crippen LogP contribution in [0.25, 0.3) is 0 Å². The molecule has 0 aliphatic carbocycles. The minimum atomic E-state index is -0.825. The van der Waals surface area contributed by atoms with Crippen LogP contribution in [0, 0.1) is 5.92 Å².